The minimum atomic E-state index is -0.723. The van der Waals surface area contributed by atoms with E-state index >= 15 is 0 Å². The first-order valence-electron chi connectivity index (χ1n) is 10.5. The van der Waals surface area contributed by atoms with E-state index in [0.29, 0.717) is 30.9 Å². The summed E-state index contributed by atoms with van der Waals surface area (Å²) in [5.41, 5.74) is 7.88. The molecule has 3 aromatic rings. The van der Waals surface area contributed by atoms with Crippen LogP contribution in [0.25, 0.3) is 22.5 Å². The van der Waals surface area contributed by atoms with Crippen LogP contribution >= 0.6 is 0 Å². The lowest BCUT2D eigenvalue weighted by Gasteiger charge is -2.37. The van der Waals surface area contributed by atoms with Gasteiger partial charge in [-0.1, -0.05) is 0 Å². The number of imidazole rings is 1. The lowest BCUT2D eigenvalue weighted by atomic mass is 10.0. The number of nitrogens with zero attached hydrogens (tertiary/aromatic N) is 2. The van der Waals surface area contributed by atoms with E-state index in [1.807, 2.05) is 19.1 Å². The standard InChI is InChI=1S/C23H26FN5O3/c1-23(29-18(30)3-2-10-25)13-31-22(32-14-23)21-27-19(15-4-6-17(24)7-5-15)20(28-21)16-8-11-26-12-9-16/h4-9,11-12,22H,2-3,10,13-14,25H2,1H3,(H,27,28)(H,29,30). The zero-order chi connectivity index (χ0) is 22.6. The van der Waals surface area contributed by atoms with Crippen LogP contribution in [0.15, 0.2) is 48.8 Å². The van der Waals surface area contributed by atoms with E-state index in [1.165, 1.54) is 12.1 Å². The molecule has 1 saturated heterocycles. The Kier molecular flexibility index (Phi) is 6.59. The number of halogens is 1. The van der Waals surface area contributed by atoms with E-state index < -0.39 is 11.8 Å². The third-order valence-electron chi connectivity index (χ3n) is 5.19. The number of pyridine rings is 1. The second-order valence-corrected chi connectivity index (χ2v) is 8.04. The molecule has 0 unspecified atom stereocenters. The fourth-order valence-electron chi connectivity index (χ4n) is 3.55. The van der Waals surface area contributed by atoms with Gasteiger partial charge < -0.3 is 25.5 Å². The van der Waals surface area contributed by atoms with Crippen LogP contribution in [0.1, 0.15) is 31.9 Å². The first-order chi connectivity index (χ1) is 15.5. The van der Waals surface area contributed by atoms with Crippen molar-refractivity contribution in [2.24, 2.45) is 5.73 Å². The number of H-pyrrole nitrogens is 1. The minimum Gasteiger partial charge on any atom is -0.346 e. The molecule has 1 aliphatic heterocycles. The molecule has 9 heteroatoms. The third kappa shape index (κ3) is 5.01. The summed E-state index contributed by atoms with van der Waals surface area (Å²) in [7, 11) is 0. The molecular weight excluding hydrogens is 413 g/mol. The Bertz CT molecular complexity index is 1050. The third-order valence-corrected chi connectivity index (χ3v) is 5.19. The van der Waals surface area contributed by atoms with E-state index in [9.17, 15) is 9.18 Å². The van der Waals surface area contributed by atoms with Crippen molar-refractivity contribution in [2.45, 2.75) is 31.6 Å². The first-order valence-corrected chi connectivity index (χ1v) is 10.5. The Hall–Kier alpha value is -3.14. The highest BCUT2D eigenvalue weighted by Gasteiger charge is 2.36. The zero-order valence-corrected chi connectivity index (χ0v) is 17.8. The summed E-state index contributed by atoms with van der Waals surface area (Å²) in [6, 6.07) is 9.87. The van der Waals surface area contributed by atoms with Crippen LogP contribution in [0, 0.1) is 5.82 Å². The summed E-state index contributed by atoms with van der Waals surface area (Å²) in [5.74, 6) is 0.0922. The van der Waals surface area contributed by atoms with E-state index in [0.717, 1.165) is 16.8 Å². The maximum absolute atomic E-state index is 13.4. The number of hydrogen-bond acceptors (Lipinski definition) is 6. The van der Waals surface area contributed by atoms with Gasteiger partial charge in [0.15, 0.2) is 5.82 Å². The normalized spacial score (nSPS) is 20.8. The Morgan fingerprint density at radius 2 is 1.88 bits per heavy atom. The number of ether oxygens (including phenoxy) is 2. The lowest BCUT2D eigenvalue weighted by Crippen LogP contribution is -2.55. The maximum atomic E-state index is 13.4. The number of nitrogens with one attached hydrogen (secondary N) is 2. The highest BCUT2D eigenvalue weighted by atomic mass is 19.1. The number of benzene rings is 1. The molecule has 0 atom stereocenters. The molecule has 0 saturated carbocycles. The van der Waals surface area contributed by atoms with E-state index in [1.54, 1.807) is 24.5 Å². The number of aromatic amines is 1. The summed E-state index contributed by atoms with van der Waals surface area (Å²) < 4.78 is 25.3. The smallest absolute Gasteiger partial charge is 0.220 e. The largest absolute Gasteiger partial charge is 0.346 e. The van der Waals surface area contributed by atoms with Gasteiger partial charge in [0.1, 0.15) is 5.82 Å². The summed E-state index contributed by atoms with van der Waals surface area (Å²) >= 11 is 0. The van der Waals surface area contributed by atoms with E-state index in [-0.39, 0.29) is 24.9 Å². The van der Waals surface area contributed by atoms with Gasteiger partial charge >= 0.3 is 0 Å². The van der Waals surface area contributed by atoms with Crippen LogP contribution in [-0.2, 0) is 14.3 Å². The van der Waals surface area contributed by atoms with Crippen molar-refractivity contribution in [3.8, 4) is 22.5 Å². The molecule has 8 nitrogen and oxygen atoms in total. The molecule has 2 aromatic heterocycles. The number of carbonyl (C=O) groups is 1. The zero-order valence-electron chi connectivity index (χ0n) is 17.8. The monoisotopic (exact) mass is 439 g/mol. The maximum Gasteiger partial charge on any atom is 0.220 e. The van der Waals surface area contributed by atoms with Crippen molar-refractivity contribution in [1.82, 2.24) is 20.3 Å². The molecule has 1 aliphatic rings. The van der Waals surface area contributed by atoms with Gasteiger partial charge in [-0.25, -0.2) is 9.37 Å². The van der Waals surface area contributed by atoms with E-state index in [2.05, 4.69) is 15.3 Å². The molecule has 168 valence electrons. The second kappa shape index (κ2) is 9.56. The predicted molar refractivity (Wildman–Crippen MR) is 117 cm³/mol. The summed E-state index contributed by atoms with van der Waals surface area (Å²) in [6.45, 7) is 2.87. The SMILES string of the molecule is CC1(NC(=O)CCCN)COC(c2nc(-c3ccc(F)cc3)c(-c3ccncc3)[nH]2)OC1. The average molecular weight is 439 g/mol. The van der Waals surface area contributed by atoms with Crippen molar-refractivity contribution in [3.05, 3.63) is 60.4 Å². The van der Waals surface area contributed by atoms with Crippen LogP contribution in [0.4, 0.5) is 4.39 Å². The molecular formula is C23H26FN5O3. The summed E-state index contributed by atoms with van der Waals surface area (Å²) in [5, 5.41) is 2.96. The number of hydrogen-bond donors (Lipinski definition) is 3. The van der Waals surface area contributed by atoms with Gasteiger partial charge in [0.2, 0.25) is 12.2 Å². The minimum absolute atomic E-state index is 0.0832. The van der Waals surface area contributed by atoms with Crippen LogP contribution in [0.5, 0.6) is 0 Å². The molecule has 1 fully saturated rings. The fourth-order valence-corrected chi connectivity index (χ4v) is 3.55. The average Bonchev–Trinajstić information content (AvgIpc) is 3.24. The van der Waals surface area contributed by atoms with Crippen LogP contribution in [0.2, 0.25) is 0 Å². The van der Waals surface area contributed by atoms with E-state index in [4.69, 9.17) is 20.2 Å². The van der Waals surface area contributed by atoms with Crippen LogP contribution in [-0.4, -0.2) is 46.2 Å². The predicted octanol–water partition coefficient (Wildman–Crippen LogP) is 2.94. The van der Waals surface area contributed by atoms with Gasteiger partial charge in [0, 0.05) is 29.9 Å². The van der Waals surface area contributed by atoms with Gasteiger partial charge in [-0.05, 0) is 56.3 Å². The van der Waals surface area contributed by atoms with Gasteiger partial charge in [-0.15, -0.1) is 0 Å². The fraction of sp³-hybridized carbons (Fsp3) is 0.348. The molecule has 0 bridgehead atoms. The molecule has 32 heavy (non-hydrogen) atoms. The molecule has 0 radical (unpaired) electrons. The quantitative estimate of drug-likeness (QED) is 0.521. The molecule has 0 spiro atoms. The Morgan fingerprint density at radius 1 is 1.19 bits per heavy atom. The Balaban J connectivity index is 1.55. The number of nitrogens with two attached hydrogens (primary N) is 1. The number of rotatable bonds is 7. The number of carbonyl (C=O) groups excluding carboxylic acids is 1. The van der Waals surface area contributed by atoms with Crippen molar-refractivity contribution in [1.29, 1.82) is 0 Å². The molecule has 3 heterocycles. The number of amides is 1. The lowest BCUT2D eigenvalue weighted by molar-refractivity contribution is -0.217. The van der Waals surface area contributed by atoms with Crippen molar-refractivity contribution in [2.75, 3.05) is 19.8 Å². The number of aromatic nitrogens is 3. The highest BCUT2D eigenvalue weighted by Crippen LogP contribution is 2.34. The van der Waals surface area contributed by atoms with Gasteiger partial charge in [0.25, 0.3) is 0 Å². The summed E-state index contributed by atoms with van der Waals surface area (Å²) in [4.78, 5) is 24.2. The molecule has 1 aromatic carbocycles. The van der Waals surface area contributed by atoms with Gasteiger partial charge in [0.05, 0.1) is 30.1 Å². The first kappa shape index (κ1) is 22.1. The van der Waals surface area contributed by atoms with Crippen molar-refractivity contribution in [3.63, 3.8) is 0 Å². The highest BCUT2D eigenvalue weighted by molar-refractivity contribution is 5.78. The summed E-state index contributed by atoms with van der Waals surface area (Å²) in [6.07, 6.45) is 3.65. The van der Waals surface area contributed by atoms with Crippen LogP contribution in [0.3, 0.4) is 0 Å². The molecule has 4 rings (SSSR count). The van der Waals surface area contributed by atoms with Crippen molar-refractivity contribution < 1.29 is 18.7 Å². The second-order valence-electron chi connectivity index (χ2n) is 8.04. The van der Waals surface area contributed by atoms with Crippen LogP contribution < -0.4 is 11.1 Å². The Labute approximate surface area is 185 Å². The van der Waals surface area contributed by atoms with Gasteiger partial charge in [-0.3, -0.25) is 9.78 Å². The topological polar surface area (TPSA) is 115 Å². The molecule has 1 amide bonds. The molecule has 4 N–H and O–H groups in total. The van der Waals surface area contributed by atoms with Gasteiger partial charge in [-0.2, -0.15) is 0 Å². The Morgan fingerprint density at radius 3 is 2.53 bits per heavy atom. The molecule has 0 aliphatic carbocycles. The van der Waals surface area contributed by atoms with Crippen molar-refractivity contribution >= 4 is 5.91 Å².